The molecular formula is C14H14F2N2O2. The second kappa shape index (κ2) is 4.85. The van der Waals surface area contributed by atoms with Crippen molar-refractivity contribution >= 4 is 5.65 Å². The lowest BCUT2D eigenvalue weighted by Crippen LogP contribution is -2.31. The summed E-state index contributed by atoms with van der Waals surface area (Å²) in [5, 5.41) is 0. The molecule has 0 saturated heterocycles. The fraction of sp³-hybridized carbons (Fsp3) is 0.429. The Morgan fingerprint density at radius 1 is 1.30 bits per heavy atom. The van der Waals surface area contributed by atoms with Crippen molar-refractivity contribution in [3.8, 4) is 5.88 Å². The number of ether oxygens (including phenoxy) is 1. The number of pyridine rings is 1. The van der Waals surface area contributed by atoms with Gasteiger partial charge in [-0.3, -0.25) is 9.20 Å². The van der Waals surface area contributed by atoms with Crippen molar-refractivity contribution in [3.63, 3.8) is 0 Å². The van der Waals surface area contributed by atoms with E-state index in [1.54, 1.807) is 24.4 Å². The maximum atomic E-state index is 13.1. The first kappa shape index (κ1) is 13.0. The van der Waals surface area contributed by atoms with E-state index in [4.69, 9.17) is 4.74 Å². The molecule has 0 aromatic carbocycles. The lowest BCUT2D eigenvalue weighted by Gasteiger charge is -2.28. The molecule has 2 aromatic heterocycles. The van der Waals surface area contributed by atoms with Gasteiger partial charge in [0.2, 0.25) is 11.8 Å². The van der Waals surface area contributed by atoms with Crippen molar-refractivity contribution < 1.29 is 13.5 Å². The predicted molar refractivity (Wildman–Crippen MR) is 69.3 cm³/mol. The zero-order valence-electron chi connectivity index (χ0n) is 10.8. The molecule has 3 rings (SSSR count). The average Bonchev–Trinajstić information content (AvgIpc) is 2.41. The van der Waals surface area contributed by atoms with E-state index in [9.17, 15) is 13.6 Å². The Morgan fingerprint density at radius 2 is 2.05 bits per heavy atom. The first-order chi connectivity index (χ1) is 9.53. The molecule has 1 aliphatic rings. The van der Waals surface area contributed by atoms with E-state index in [1.807, 2.05) is 0 Å². The summed E-state index contributed by atoms with van der Waals surface area (Å²) in [6, 6.07) is 6.50. The summed E-state index contributed by atoms with van der Waals surface area (Å²) in [4.78, 5) is 16.1. The third-order valence-corrected chi connectivity index (χ3v) is 3.50. The van der Waals surface area contributed by atoms with Crippen LogP contribution in [0.2, 0.25) is 0 Å². The van der Waals surface area contributed by atoms with Crippen LogP contribution in [0.3, 0.4) is 0 Å². The largest absolute Gasteiger partial charge is 0.474 e. The molecule has 1 aliphatic carbocycles. The molecular weight excluding hydrogens is 266 g/mol. The van der Waals surface area contributed by atoms with Crippen LogP contribution >= 0.6 is 0 Å². The molecule has 0 N–H and O–H groups in total. The summed E-state index contributed by atoms with van der Waals surface area (Å²) in [6.45, 7) is 0. The Morgan fingerprint density at radius 3 is 2.80 bits per heavy atom. The van der Waals surface area contributed by atoms with Crippen LogP contribution in [0.1, 0.15) is 25.7 Å². The second-order valence-electron chi connectivity index (χ2n) is 5.03. The Kier molecular flexibility index (Phi) is 3.16. The topological polar surface area (TPSA) is 43.6 Å². The third-order valence-electron chi connectivity index (χ3n) is 3.50. The summed E-state index contributed by atoms with van der Waals surface area (Å²) in [5.41, 5.74) is 0.239. The highest BCUT2D eigenvalue weighted by molar-refractivity contribution is 5.39. The lowest BCUT2D eigenvalue weighted by molar-refractivity contribution is -0.0588. The number of aromatic nitrogens is 2. The van der Waals surface area contributed by atoms with Crippen LogP contribution in [-0.2, 0) is 0 Å². The third kappa shape index (κ3) is 2.64. The van der Waals surface area contributed by atoms with Gasteiger partial charge in [-0.15, -0.1) is 0 Å². The van der Waals surface area contributed by atoms with Gasteiger partial charge in [0.1, 0.15) is 11.8 Å². The van der Waals surface area contributed by atoms with Gasteiger partial charge in [0.25, 0.3) is 5.56 Å². The Hall–Kier alpha value is -1.98. The number of rotatable bonds is 2. The molecule has 0 amide bonds. The van der Waals surface area contributed by atoms with Crippen molar-refractivity contribution in [1.29, 1.82) is 0 Å². The van der Waals surface area contributed by atoms with Crippen molar-refractivity contribution in [2.75, 3.05) is 0 Å². The average molecular weight is 280 g/mol. The molecule has 106 valence electrons. The van der Waals surface area contributed by atoms with Gasteiger partial charge in [-0.05, 0) is 25.0 Å². The first-order valence-electron chi connectivity index (χ1n) is 6.56. The molecule has 0 spiro atoms. The molecule has 0 radical (unpaired) electrons. The van der Waals surface area contributed by atoms with E-state index in [0.717, 1.165) is 0 Å². The predicted octanol–water partition coefficient (Wildman–Crippen LogP) is 2.65. The number of nitrogens with zero attached hydrogens (tertiary/aromatic N) is 2. The van der Waals surface area contributed by atoms with Gasteiger partial charge in [0.05, 0.1) is 6.07 Å². The summed E-state index contributed by atoms with van der Waals surface area (Å²) >= 11 is 0. The van der Waals surface area contributed by atoms with Crippen LogP contribution in [0.25, 0.3) is 5.65 Å². The van der Waals surface area contributed by atoms with E-state index in [0.29, 0.717) is 5.65 Å². The monoisotopic (exact) mass is 280 g/mol. The van der Waals surface area contributed by atoms with Gasteiger partial charge in [-0.25, -0.2) is 8.78 Å². The minimum Gasteiger partial charge on any atom is -0.474 e. The van der Waals surface area contributed by atoms with Gasteiger partial charge in [-0.1, -0.05) is 6.07 Å². The van der Waals surface area contributed by atoms with Crippen molar-refractivity contribution in [1.82, 2.24) is 9.38 Å². The number of alkyl halides is 2. The molecule has 1 fully saturated rings. The molecule has 0 unspecified atom stereocenters. The van der Waals surface area contributed by atoms with Gasteiger partial charge in [0.15, 0.2) is 0 Å². The van der Waals surface area contributed by atoms with E-state index in [1.165, 1.54) is 10.5 Å². The molecule has 1 saturated carbocycles. The minimum absolute atomic E-state index is 0.176. The van der Waals surface area contributed by atoms with Gasteiger partial charge in [0, 0.05) is 19.0 Å². The fourth-order valence-electron chi connectivity index (χ4n) is 2.39. The Bertz CT molecular complexity index is 674. The molecule has 0 aliphatic heterocycles. The highest BCUT2D eigenvalue weighted by Crippen LogP contribution is 2.34. The first-order valence-corrected chi connectivity index (χ1v) is 6.56. The summed E-state index contributed by atoms with van der Waals surface area (Å²) in [5.74, 6) is -2.38. The van der Waals surface area contributed by atoms with Crippen LogP contribution in [0, 0.1) is 0 Å². The van der Waals surface area contributed by atoms with Crippen molar-refractivity contribution in [3.05, 3.63) is 40.8 Å². The van der Waals surface area contributed by atoms with Crippen molar-refractivity contribution in [2.45, 2.75) is 37.7 Å². The molecule has 2 heterocycles. The highest BCUT2D eigenvalue weighted by atomic mass is 19.3. The molecule has 0 atom stereocenters. The lowest BCUT2D eigenvalue weighted by atomic mass is 9.94. The molecule has 20 heavy (non-hydrogen) atoms. The summed E-state index contributed by atoms with van der Waals surface area (Å²) < 4.78 is 33.1. The number of halogens is 2. The number of fused-ring (bicyclic) bond motifs is 1. The number of hydrogen-bond donors (Lipinski definition) is 0. The van der Waals surface area contributed by atoms with Crippen LogP contribution in [0.5, 0.6) is 5.88 Å². The quantitative estimate of drug-likeness (QED) is 0.849. The molecule has 2 aromatic rings. The highest BCUT2D eigenvalue weighted by Gasteiger charge is 2.35. The van der Waals surface area contributed by atoms with Crippen molar-refractivity contribution in [2.24, 2.45) is 0 Å². The summed E-state index contributed by atoms with van der Waals surface area (Å²) in [7, 11) is 0. The fourth-order valence-corrected chi connectivity index (χ4v) is 2.39. The number of hydrogen-bond acceptors (Lipinski definition) is 3. The van der Waals surface area contributed by atoms with Gasteiger partial charge >= 0.3 is 0 Å². The normalized spacial score (nSPS) is 19.1. The van der Waals surface area contributed by atoms with Gasteiger partial charge < -0.3 is 4.74 Å². The standard InChI is InChI=1S/C14H14F2N2O2/c15-14(16)6-4-10(5-7-14)20-12-9-13(19)18-8-2-1-3-11(18)17-12/h1-3,8-10H,4-7H2. The van der Waals surface area contributed by atoms with E-state index in [-0.39, 0.29) is 43.2 Å². The van der Waals surface area contributed by atoms with Crippen LogP contribution in [0.4, 0.5) is 8.78 Å². The smallest absolute Gasteiger partial charge is 0.261 e. The molecule has 6 heteroatoms. The van der Waals surface area contributed by atoms with Crippen LogP contribution < -0.4 is 10.3 Å². The van der Waals surface area contributed by atoms with E-state index >= 15 is 0 Å². The zero-order valence-corrected chi connectivity index (χ0v) is 10.8. The Labute approximate surface area is 114 Å². The second-order valence-corrected chi connectivity index (χ2v) is 5.03. The summed E-state index contributed by atoms with van der Waals surface area (Å²) in [6.07, 6.45) is 1.53. The van der Waals surface area contributed by atoms with Crippen LogP contribution in [0.15, 0.2) is 35.3 Å². The molecule has 0 bridgehead atoms. The maximum absolute atomic E-state index is 13.1. The van der Waals surface area contributed by atoms with Crippen LogP contribution in [-0.4, -0.2) is 21.4 Å². The maximum Gasteiger partial charge on any atom is 0.261 e. The SMILES string of the molecule is O=c1cc(OC2CCC(F)(F)CC2)nc2ccccn12. The van der Waals surface area contributed by atoms with Gasteiger partial charge in [-0.2, -0.15) is 4.98 Å². The molecule has 4 nitrogen and oxygen atoms in total. The minimum atomic E-state index is -2.59. The zero-order chi connectivity index (χ0) is 14.2. The van der Waals surface area contributed by atoms with E-state index in [2.05, 4.69) is 4.98 Å². The van der Waals surface area contributed by atoms with E-state index < -0.39 is 5.92 Å². The Balaban J connectivity index is 1.80.